The van der Waals surface area contributed by atoms with Gasteiger partial charge in [-0.2, -0.15) is 0 Å². The zero-order chi connectivity index (χ0) is 18.8. The molecule has 2 aromatic carbocycles. The number of anilines is 1. The van der Waals surface area contributed by atoms with E-state index in [4.69, 9.17) is 0 Å². The summed E-state index contributed by atoms with van der Waals surface area (Å²) in [7, 11) is 0. The summed E-state index contributed by atoms with van der Waals surface area (Å²) >= 11 is 0. The van der Waals surface area contributed by atoms with Crippen molar-refractivity contribution in [3.63, 3.8) is 0 Å². The molecule has 8 heteroatoms. The maximum absolute atomic E-state index is 12.4. The fourth-order valence-electron chi connectivity index (χ4n) is 3.29. The molecule has 0 saturated carbocycles. The van der Waals surface area contributed by atoms with Crippen LogP contribution in [0.4, 0.5) is 5.69 Å². The third kappa shape index (κ3) is 4.16. The number of fused-ring (bicyclic) bond motifs is 1. The molecule has 2 aromatic rings. The minimum Gasteiger partial charge on any atom is -0.348 e. The Bertz CT molecular complexity index is 914. The van der Waals surface area contributed by atoms with Gasteiger partial charge in [-0.1, -0.05) is 18.2 Å². The van der Waals surface area contributed by atoms with Gasteiger partial charge in [0.25, 0.3) is 5.91 Å². The number of hydrogen-bond acceptors (Lipinski definition) is 4. The van der Waals surface area contributed by atoms with Crippen LogP contribution in [0.5, 0.6) is 0 Å². The second kappa shape index (κ2) is 8.41. The van der Waals surface area contributed by atoms with Crippen molar-refractivity contribution < 1.29 is 14.4 Å². The number of nitrogens with one attached hydrogen (secondary N) is 3. The Morgan fingerprint density at radius 2 is 1.75 bits per heavy atom. The Morgan fingerprint density at radius 1 is 1.00 bits per heavy atom. The number of hydrogen-bond donors (Lipinski definition) is 3. The fraction of sp³-hybridized carbons (Fsp3) is 0.250. The summed E-state index contributed by atoms with van der Waals surface area (Å²) in [5, 5.41) is 7.44. The minimum absolute atomic E-state index is 0. The number of amides is 3. The highest BCUT2D eigenvalue weighted by Crippen LogP contribution is 2.19. The van der Waals surface area contributed by atoms with Gasteiger partial charge in [0.1, 0.15) is 0 Å². The van der Waals surface area contributed by atoms with Crippen molar-refractivity contribution in [3.8, 4) is 0 Å². The number of hydrazine groups is 1. The van der Waals surface area contributed by atoms with Crippen molar-refractivity contribution >= 4 is 35.8 Å². The summed E-state index contributed by atoms with van der Waals surface area (Å²) in [5.74, 6) is -0.548. The Kier molecular flexibility index (Phi) is 5.96. The quantitative estimate of drug-likeness (QED) is 0.730. The Balaban J connectivity index is 0.00000225. The van der Waals surface area contributed by atoms with Gasteiger partial charge in [0.05, 0.1) is 5.69 Å². The first-order chi connectivity index (χ1) is 13.1. The lowest BCUT2D eigenvalue weighted by Gasteiger charge is -2.27. The molecule has 0 spiro atoms. The zero-order valence-corrected chi connectivity index (χ0v) is 16.0. The number of halogens is 1. The Labute approximate surface area is 168 Å². The van der Waals surface area contributed by atoms with Crippen LogP contribution in [0.1, 0.15) is 39.9 Å². The predicted octanol–water partition coefficient (Wildman–Crippen LogP) is 1.80. The highest BCUT2D eigenvalue weighted by Gasteiger charge is 2.24. The molecule has 0 bridgehead atoms. The van der Waals surface area contributed by atoms with Crippen LogP contribution in [0, 0.1) is 0 Å². The molecule has 4 rings (SSSR count). The van der Waals surface area contributed by atoms with Gasteiger partial charge in [-0.05, 0) is 41.0 Å². The van der Waals surface area contributed by atoms with E-state index in [1.165, 1.54) is 16.1 Å². The molecule has 1 saturated heterocycles. The summed E-state index contributed by atoms with van der Waals surface area (Å²) in [6, 6.07) is 12.8. The van der Waals surface area contributed by atoms with Crippen LogP contribution in [0.2, 0.25) is 0 Å². The standard InChI is InChI=1S/C20H20N4O3.ClH/c25-18-7-8-19(26)24(23-18)17-5-3-14(4-6-17)20(27)22-10-13-1-2-15-11-21-12-16(15)9-13;/h1-6,9,21H,7-8,10-12H2,(H,22,27)(H,23,25);1H. The molecule has 28 heavy (non-hydrogen) atoms. The van der Waals surface area contributed by atoms with Gasteiger partial charge >= 0.3 is 0 Å². The molecule has 0 radical (unpaired) electrons. The number of carbonyl (C=O) groups is 3. The summed E-state index contributed by atoms with van der Waals surface area (Å²) in [6.45, 7) is 2.22. The molecule has 3 N–H and O–H groups in total. The van der Waals surface area contributed by atoms with Crippen molar-refractivity contribution in [2.45, 2.75) is 32.5 Å². The Morgan fingerprint density at radius 3 is 2.54 bits per heavy atom. The third-order valence-electron chi connectivity index (χ3n) is 4.79. The molecule has 7 nitrogen and oxygen atoms in total. The van der Waals surface area contributed by atoms with Gasteiger partial charge < -0.3 is 10.6 Å². The number of rotatable bonds is 4. The second-order valence-corrected chi connectivity index (χ2v) is 6.70. The second-order valence-electron chi connectivity index (χ2n) is 6.70. The van der Waals surface area contributed by atoms with Gasteiger partial charge in [0.15, 0.2) is 0 Å². The lowest BCUT2D eigenvalue weighted by molar-refractivity contribution is -0.130. The van der Waals surface area contributed by atoms with E-state index < -0.39 is 0 Å². The summed E-state index contributed by atoms with van der Waals surface area (Å²) in [6.07, 6.45) is 0.388. The van der Waals surface area contributed by atoms with E-state index in [0.717, 1.165) is 18.7 Å². The highest BCUT2D eigenvalue weighted by molar-refractivity contribution is 6.01. The predicted molar refractivity (Wildman–Crippen MR) is 107 cm³/mol. The van der Waals surface area contributed by atoms with Crippen LogP contribution >= 0.6 is 12.4 Å². The smallest absolute Gasteiger partial charge is 0.251 e. The molecule has 1 fully saturated rings. The largest absolute Gasteiger partial charge is 0.348 e. The molecule has 3 amide bonds. The monoisotopic (exact) mass is 400 g/mol. The van der Waals surface area contributed by atoms with Crippen molar-refractivity contribution in [1.29, 1.82) is 0 Å². The van der Waals surface area contributed by atoms with Crippen LogP contribution in [0.3, 0.4) is 0 Å². The van der Waals surface area contributed by atoms with E-state index in [2.05, 4.69) is 28.2 Å². The van der Waals surface area contributed by atoms with Crippen LogP contribution in [0.15, 0.2) is 42.5 Å². The molecular formula is C20H21ClN4O3. The Hall–Kier alpha value is -2.90. The summed E-state index contributed by atoms with van der Waals surface area (Å²) in [5.41, 5.74) is 7.21. The first-order valence-electron chi connectivity index (χ1n) is 8.92. The first kappa shape index (κ1) is 19.9. The fourth-order valence-corrected chi connectivity index (χ4v) is 3.29. The van der Waals surface area contributed by atoms with Crippen LogP contribution < -0.4 is 21.1 Å². The zero-order valence-electron chi connectivity index (χ0n) is 15.2. The molecular weight excluding hydrogens is 380 g/mol. The maximum atomic E-state index is 12.4. The molecule has 146 valence electrons. The lowest BCUT2D eigenvalue weighted by atomic mass is 10.1. The average molecular weight is 401 g/mol. The average Bonchev–Trinajstić information content (AvgIpc) is 3.16. The van der Waals surface area contributed by atoms with Gasteiger partial charge in [-0.15, -0.1) is 12.4 Å². The van der Waals surface area contributed by atoms with Crippen molar-refractivity contribution in [3.05, 3.63) is 64.7 Å². The van der Waals surface area contributed by atoms with Gasteiger partial charge in [-0.3, -0.25) is 19.8 Å². The number of nitrogens with zero attached hydrogens (tertiary/aromatic N) is 1. The topological polar surface area (TPSA) is 90.5 Å². The molecule has 0 aliphatic carbocycles. The summed E-state index contributed by atoms with van der Waals surface area (Å²) < 4.78 is 0. The molecule has 2 heterocycles. The van der Waals surface area contributed by atoms with Gasteiger partial charge in [0.2, 0.25) is 11.8 Å². The molecule has 2 aliphatic rings. The molecule has 0 aromatic heterocycles. The van der Waals surface area contributed by atoms with Crippen molar-refractivity contribution in [2.24, 2.45) is 0 Å². The maximum Gasteiger partial charge on any atom is 0.251 e. The molecule has 2 aliphatic heterocycles. The third-order valence-corrected chi connectivity index (χ3v) is 4.79. The normalized spacial score (nSPS) is 15.5. The van der Waals surface area contributed by atoms with E-state index in [1.807, 2.05) is 6.07 Å². The number of benzene rings is 2. The van der Waals surface area contributed by atoms with E-state index in [0.29, 0.717) is 17.8 Å². The highest BCUT2D eigenvalue weighted by atomic mass is 35.5. The van der Waals surface area contributed by atoms with Crippen LogP contribution in [0.25, 0.3) is 0 Å². The minimum atomic E-state index is -0.194. The van der Waals surface area contributed by atoms with E-state index >= 15 is 0 Å². The van der Waals surface area contributed by atoms with Gasteiger partial charge in [0, 0.05) is 38.0 Å². The van der Waals surface area contributed by atoms with Crippen LogP contribution in [-0.2, 0) is 29.2 Å². The summed E-state index contributed by atoms with van der Waals surface area (Å²) in [4.78, 5) is 35.8. The van der Waals surface area contributed by atoms with Gasteiger partial charge in [-0.25, -0.2) is 5.01 Å². The SMILES string of the molecule is Cl.O=C1CCC(=O)N(c2ccc(C(=O)NCc3ccc4c(c3)CNC4)cc2)N1. The van der Waals surface area contributed by atoms with E-state index in [1.54, 1.807) is 24.3 Å². The number of carbonyl (C=O) groups excluding carboxylic acids is 3. The first-order valence-corrected chi connectivity index (χ1v) is 8.92. The van der Waals surface area contributed by atoms with E-state index in [9.17, 15) is 14.4 Å². The molecule has 0 unspecified atom stereocenters. The van der Waals surface area contributed by atoms with Crippen molar-refractivity contribution in [1.82, 2.24) is 16.1 Å². The van der Waals surface area contributed by atoms with Crippen molar-refractivity contribution in [2.75, 3.05) is 5.01 Å². The lowest BCUT2D eigenvalue weighted by Crippen LogP contribution is -2.50. The van der Waals surface area contributed by atoms with E-state index in [-0.39, 0.29) is 43.0 Å². The van der Waals surface area contributed by atoms with Crippen LogP contribution in [-0.4, -0.2) is 17.7 Å². The molecule has 0 atom stereocenters.